The van der Waals surface area contributed by atoms with Gasteiger partial charge in [-0.25, -0.2) is 14.4 Å². The molecular weight excluding hydrogens is 883 g/mol. The molecule has 11 atom stereocenters. The first kappa shape index (κ1) is 49.2. The van der Waals surface area contributed by atoms with E-state index >= 15 is 9.59 Å². The second kappa shape index (κ2) is 19.1. The maximum atomic E-state index is 15.7. The molecule has 0 radical (unpaired) electrons. The second-order valence-corrected chi connectivity index (χ2v) is 18.3. The van der Waals surface area contributed by atoms with Gasteiger partial charge in [0.15, 0.2) is 17.5 Å². The number of carbonyl (C=O) groups excluding carboxylic acids is 7. The highest BCUT2D eigenvalue weighted by atomic mass is 16.7. The first-order chi connectivity index (χ1) is 32.2. The van der Waals surface area contributed by atoms with E-state index in [9.17, 15) is 34.2 Å². The summed E-state index contributed by atoms with van der Waals surface area (Å²) in [5.41, 5.74) is -7.50. The molecule has 17 heteroatoms. The average Bonchev–Trinajstić information content (AvgIpc) is 3.30. The van der Waals surface area contributed by atoms with Crippen molar-refractivity contribution in [1.82, 2.24) is 5.32 Å². The summed E-state index contributed by atoms with van der Waals surface area (Å²) in [6.07, 6.45) is -10.9. The summed E-state index contributed by atoms with van der Waals surface area (Å²) in [6.45, 7) is 11.1. The van der Waals surface area contributed by atoms with E-state index in [4.69, 9.17) is 33.2 Å². The fourth-order valence-electron chi connectivity index (χ4n) is 10.5. The van der Waals surface area contributed by atoms with E-state index in [-0.39, 0.29) is 41.9 Å². The molecule has 3 aromatic carbocycles. The number of ether oxygens (including phenoxy) is 7. The van der Waals surface area contributed by atoms with Gasteiger partial charge in [0.2, 0.25) is 6.10 Å². The molecule has 1 amide bonds. The standard InChI is InChI=1S/C51H55NO16/c1-8-24-62-47(60)66-40(38(31-18-12-9-13-19-31)52-44(57)32-20-14-10-15-21-32)46(59)65-34-26-51(61)43(67-45(58)33-22-16-11-17-23-33)41-49(7,35(55)25-36-50(41,27-63-36)68-30(4)54)42(56)39(64-29(3)53)37(28(34)2)48(51,5)6/h8-23,34-36,38-41,43,55,61H,1,24-27H2,2-7H3,(H,52,57)/t34-,35-,36?,38+,39?,40+,41?,43?,49+,50-,51+/m0/s1. The molecule has 3 fully saturated rings. The Morgan fingerprint density at radius 2 is 1.47 bits per heavy atom. The maximum Gasteiger partial charge on any atom is 0.509 e. The zero-order valence-corrected chi connectivity index (χ0v) is 38.5. The SMILES string of the molecule is C=CCOC(=O)O[C@@H](C(=O)O[C@H]1C[C@@]2(O)C(OC(=O)c3ccccc3)C3[C@]4(OC(C)=O)COC4C[C@H](O)[C@@]3(C)C(=O)C(OC(C)=O)C(=C1C)C2(C)C)[C@H](NC(=O)c1ccccc1)c1ccccc1. The lowest BCUT2D eigenvalue weighted by atomic mass is 9.44. The summed E-state index contributed by atoms with van der Waals surface area (Å²) in [5.74, 6) is -7.11. The van der Waals surface area contributed by atoms with Crippen molar-refractivity contribution in [3.05, 3.63) is 131 Å². The normalized spacial score (nSPS) is 29.9. The van der Waals surface area contributed by atoms with Gasteiger partial charge in [0, 0.05) is 37.7 Å². The molecule has 3 aromatic rings. The molecule has 360 valence electrons. The third kappa shape index (κ3) is 8.69. The molecule has 0 aromatic heterocycles. The smallest absolute Gasteiger partial charge is 0.455 e. The quantitative estimate of drug-likeness (QED) is 0.115. The molecule has 3 aliphatic carbocycles. The van der Waals surface area contributed by atoms with Crippen LogP contribution in [0, 0.1) is 16.7 Å². The van der Waals surface area contributed by atoms with Crippen LogP contribution in [0.2, 0.25) is 0 Å². The van der Waals surface area contributed by atoms with Crippen molar-refractivity contribution in [2.45, 2.75) is 108 Å². The minimum atomic E-state index is -2.47. The molecule has 0 spiro atoms. The first-order valence-electron chi connectivity index (χ1n) is 22.2. The number of amides is 1. The predicted octanol–water partition coefficient (Wildman–Crippen LogP) is 5.08. The van der Waals surface area contributed by atoms with E-state index in [0.717, 1.165) is 13.8 Å². The third-order valence-corrected chi connectivity index (χ3v) is 14.0. The molecule has 7 rings (SSSR count). The number of nitrogens with one attached hydrogen (secondary N) is 1. The van der Waals surface area contributed by atoms with Gasteiger partial charge < -0.3 is 48.7 Å². The molecular formula is C51H55NO16. The largest absolute Gasteiger partial charge is 0.509 e. The number of benzene rings is 3. The van der Waals surface area contributed by atoms with Crippen molar-refractivity contribution >= 4 is 41.7 Å². The Morgan fingerprint density at radius 1 is 0.868 bits per heavy atom. The Morgan fingerprint density at radius 3 is 2.03 bits per heavy atom. The summed E-state index contributed by atoms with van der Waals surface area (Å²) in [7, 11) is 0. The van der Waals surface area contributed by atoms with Crippen LogP contribution in [-0.4, -0.2) is 113 Å². The zero-order valence-electron chi connectivity index (χ0n) is 38.5. The molecule has 68 heavy (non-hydrogen) atoms. The van der Waals surface area contributed by atoms with Gasteiger partial charge in [0.05, 0.1) is 29.6 Å². The molecule has 3 N–H and O–H groups in total. The molecule has 1 aliphatic heterocycles. The molecule has 2 saturated carbocycles. The lowest BCUT2D eigenvalue weighted by molar-refractivity contribution is -0.346. The van der Waals surface area contributed by atoms with Gasteiger partial charge in [0.25, 0.3) is 5.91 Å². The summed E-state index contributed by atoms with van der Waals surface area (Å²) in [6, 6.07) is 22.5. The Hall–Kier alpha value is -6.69. The summed E-state index contributed by atoms with van der Waals surface area (Å²) >= 11 is 0. The minimum absolute atomic E-state index is 0.0413. The van der Waals surface area contributed by atoms with E-state index < -0.39 is 119 Å². The number of hydrogen-bond acceptors (Lipinski definition) is 16. The molecule has 17 nitrogen and oxygen atoms in total. The fraction of sp³-hybridized carbons (Fsp3) is 0.431. The van der Waals surface area contributed by atoms with Crippen molar-refractivity contribution in [2.24, 2.45) is 16.7 Å². The van der Waals surface area contributed by atoms with Gasteiger partial charge in [-0.05, 0) is 54.8 Å². The van der Waals surface area contributed by atoms with Crippen molar-refractivity contribution in [2.75, 3.05) is 13.2 Å². The third-order valence-electron chi connectivity index (χ3n) is 14.0. The van der Waals surface area contributed by atoms with Gasteiger partial charge in [-0.3, -0.25) is 19.2 Å². The van der Waals surface area contributed by atoms with Crippen molar-refractivity contribution in [3.63, 3.8) is 0 Å². The van der Waals surface area contributed by atoms with E-state index in [1.165, 1.54) is 58.0 Å². The Balaban J connectivity index is 1.42. The van der Waals surface area contributed by atoms with Crippen LogP contribution >= 0.6 is 0 Å². The van der Waals surface area contributed by atoms with Gasteiger partial charge in [0.1, 0.15) is 36.6 Å². The number of fused-ring (bicyclic) bond motifs is 5. The highest BCUT2D eigenvalue weighted by molar-refractivity contribution is 5.96. The Labute approximate surface area is 392 Å². The second-order valence-electron chi connectivity index (χ2n) is 18.3. The molecule has 4 unspecified atom stereocenters. The van der Waals surface area contributed by atoms with Gasteiger partial charge in [-0.2, -0.15) is 0 Å². The first-order valence-corrected chi connectivity index (χ1v) is 22.2. The lowest BCUT2D eigenvalue weighted by Gasteiger charge is -2.67. The van der Waals surface area contributed by atoms with Crippen LogP contribution < -0.4 is 5.32 Å². The number of ketones is 1. The Bertz CT molecular complexity index is 2490. The number of carbonyl (C=O) groups is 7. The van der Waals surface area contributed by atoms with Gasteiger partial charge in [-0.15, -0.1) is 0 Å². The van der Waals surface area contributed by atoms with E-state index in [1.807, 2.05) is 0 Å². The van der Waals surface area contributed by atoms with Crippen LogP contribution in [0.3, 0.4) is 0 Å². The lowest BCUT2D eigenvalue weighted by Crippen LogP contribution is -2.82. The highest BCUT2D eigenvalue weighted by Crippen LogP contribution is 2.64. The average molecular weight is 938 g/mol. The number of esters is 4. The van der Waals surface area contributed by atoms with Crippen LogP contribution in [0.4, 0.5) is 4.79 Å². The molecule has 4 aliphatic rings. The Kier molecular flexibility index (Phi) is 13.8. The number of Topliss-reactive ketones (excluding diaryl/α,β-unsaturated/α-hetero) is 1. The highest BCUT2D eigenvalue weighted by Gasteiger charge is 2.78. The maximum absolute atomic E-state index is 15.7. The van der Waals surface area contributed by atoms with E-state index in [1.54, 1.807) is 66.7 Å². The van der Waals surface area contributed by atoms with Crippen molar-refractivity contribution in [1.29, 1.82) is 0 Å². The van der Waals surface area contributed by atoms with Crippen LogP contribution in [-0.2, 0) is 52.3 Å². The number of aliphatic hydroxyl groups excluding tert-OH is 1. The van der Waals surface area contributed by atoms with E-state index in [2.05, 4.69) is 11.9 Å². The van der Waals surface area contributed by atoms with Gasteiger partial charge in [-0.1, -0.05) is 93.2 Å². The number of aliphatic hydroxyl groups is 2. The summed E-state index contributed by atoms with van der Waals surface area (Å²) in [4.78, 5) is 98.4. The molecule has 2 bridgehead atoms. The van der Waals surface area contributed by atoms with Crippen LogP contribution in [0.15, 0.2) is 115 Å². The van der Waals surface area contributed by atoms with Gasteiger partial charge >= 0.3 is 30.0 Å². The predicted molar refractivity (Wildman–Crippen MR) is 238 cm³/mol. The number of rotatable bonds is 13. The molecule has 1 heterocycles. The number of hydrogen-bond donors (Lipinski definition) is 3. The fourth-order valence-corrected chi connectivity index (χ4v) is 10.5. The van der Waals surface area contributed by atoms with Crippen molar-refractivity contribution < 1.29 is 76.9 Å². The summed E-state index contributed by atoms with van der Waals surface area (Å²) in [5, 5.41) is 28.8. The minimum Gasteiger partial charge on any atom is -0.455 e. The zero-order chi connectivity index (χ0) is 49.3. The van der Waals surface area contributed by atoms with Crippen molar-refractivity contribution in [3.8, 4) is 0 Å². The van der Waals surface area contributed by atoms with E-state index in [0.29, 0.717) is 5.56 Å². The van der Waals surface area contributed by atoms with Crippen LogP contribution in [0.1, 0.15) is 86.7 Å². The molecule has 1 saturated heterocycles. The monoisotopic (exact) mass is 937 g/mol. The topological polar surface area (TPSA) is 237 Å². The van der Waals surface area contributed by atoms with Crippen LogP contribution in [0.5, 0.6) is 0 Å². The summed E-state index contributed by atoms with van der Waals surface area (Å²) < 4.78 is 41.4. The van der Waals surface area contributed by atoms with Crippen LogP contribution in [0.25, 0.3) is 0 Å².